The Bertz CT molecular complexity index is 626. The van der Waals surface area contributed by atoms with E-state index in [1.54, 1.807) is 0 Å². The first-order valence-electron chi connectivity index (χ1n) is 5.62. The van der Waals surface area contributed by atoms with E-state index >= 15 is 0 Å². The molecule has 1 aliphatic rings. The van der Waals surface area contributed by atoms with E-state index in [4.69, 9.17) is 0 Å². The molecular formula is C11H15NO4S2. The molecule has 1 saturated heterocycles. The van der Waals surface area contributed by atoms with Crippen molar-refractivity contribution in [1.82, 2.24) is 4.31 Å². The van der Waals surface area contributed by atoms with Crippen molar-refractivity contribution in [2.24, 2.45) is 0 Å². The minimum absolute atomic E-state index is 0.128. The van der Waals surface area contributed by atoms with Gasteiger partial charge in [0.1, 0.15) is 0 Å². The van der Waals surface area contributed by atoms with Crippen molar-refractivity contribution in [2.45, 2.75) is 22.6 Å². The quantitative estimate of drug-likeness (QED) is 0.828. The first-order chi connectivity index (χ1) is 8.32. The van der Waals surface area contributed by atoms with Gasteiger partial charge in [-0.15, -0.1) is 0 Å². The number of hydrogen-bond donors (Lipinski definition) is 0. The first kappa shape index (κ1) is 13.5. The van der Waals surface area contributed by atoms with Crippen LogP contribution in [0.5, 0.6) is 0 Å². The van der Waals surface area contributed by atoms with Crippen LogP contribution in [0.2, 0.25) is 0 Å². The molecule has 1 fully saturated rings. The van der Waals surface area contributed by atoms with Crippen LogP contribution in [0.1, 0.15) is 12.8 Å². The maximum absolute atomic E-state index is 12.2. The van der Waals surface area contributed by atoms with Crippen LogP contribution in [-0.2, 0) is 19.9 Å². The zero-order valence-corrected chi connectivity index (χ0v) is 11.7. The standard InChI is InChI=1S/C11H15NO4S2/c1-17(13,14)10-4-6-11(7-5-10)18(15,16)12-8-2-3-9-12/h4-7H,2-3,8-9H2,1H3. The number of sulfone groups is 1. The van der Waals surface area contributed by atoms with Crippen LogP contribution >= 0.6 is 0 Å². The third-order valence-electron chi connectivity index (χ3n) is 2.95. The van der Waals surface area contributed by atoms with Crippen LogP contribution in [0.25, 0.3) is 0 Å². The topological polar surface area (TPSA) is 71.5 Å². The van der Waals surface area contributed by atoms with Gasteiger partial charge < -0.3 is 0 Å². The lowest BCUT2D eigenvalue weighted by molar-refractivity contribution is 0.477. The van der Waals surface area contributed by atoms with Crippen LogP contribution < -0.4 is 0 Å². The SMILES string of the molecule is CS(=O)(=O)c1ccc(S(=O)(=O)N2CCCC2)cc1. The van der Waals surface area contributed by atoms with Gasteiger partial charge in [-0.25, -0.2) is 16.8 Å². The second-order valence-corrected chi connectivity index (χ2v) is 8.31. The summed E-state index contributed by atoms with van der Waals surface area (Å²) in [5, 5.41) is 0. The summed E-state index contributed by atoms with van der Waals surface area (Å²) in [6.07, 6.45) is 2.85. The summed E-state index contributed by atoms with van der Waals surface area (Å²) in [6.45, 7) is 1.08. The lowest BCUT2D eigenvalue weighted by Gasteiger charge is -2.15. The summed E-state index contributed by atoms with van der Waals surface area (Å²) < 4.78 is 48.4. The van der Waals surface area contributed by atoms with Gasteiger partial charge in [0.2, 0.25) is 10.0 Å². The fourth-order valence-electron chi connectivity index (χ4n) is 1.94. The van der Waals surface area contributed by atoms with Crippen molar-refractivity contribution in [1.29, 1.82) is 0 Å². The van der Waals surface area contributed by atoms with Gasteiger partial charge in [0.05, 0.1) is 9.79 Å². The third kappa shape index (κ3) is 2.57. The summed E-state index contributed by atoms with van der Waals surface area (Å²) in [5.74, 6) is 0. The molecule has 0 radical (unpaired) electrons. The van der Waals surface area contributed by atoms with Crippen LogP contribution in [0, 0.1) is 0 Å². The van der Waals surface area contributed by atoms with Crippen molar-refractivity contribution >= 4 is 19.9 Å². The minimum Gasteiger partial charge on any atom is -0.224 e. The number of benzene rings is 1. The van der Waals surface area contributed by atoms with E-state index in [-0.39, 0.29) is 9.79 Å². The molecule has 0 bridgehead atoms. The Morgan fingerprint density at radius 2 is 1.33 bits per heavy atom. The van der Waals surface area contributed by atoms with E-state index in [2.05, 4.69) is 0 Å². The highest BCUT2D eigenvalue weighted by Gasteiger charge is 2.27. The fraction of sp³-hybridized carbons (Fsp3) is 0.455. The van der Waals surface area contributed by atoms with Gasteiger partial charge in [0.15, 0.2) is 9.84 Å². The Morgan fingerprint density at radius 1 is 0.889 bits per heavy atom. The van der Waals surface area contributed by atoms with E-state index in [1.165, 1.54) is 28.6 Å². The molecule has 0 saturated carbocycles. The predicted octanol–water partition coefficient (Wildman–Crippen LogP) is 0.875. The zero-order valence-electron chi connectivity index (χ0n) is 10.0. The summed E-state index contributed by atoms with van der Waals surface area (Å²) in [5.41, 5.74) is 0. The van der Waals surface area contributed by atoms with E-state index in [1.807, 2.05) is 0 Å². The van der Waals surface area contributed by atoms with E-state index < -0.39 is 19.9 Å². The second kappa shape index (κ2) is 4.64. The molecule has 1 aromatic carbocycles. The largest absolute Gasteiger partial charge is 0.243 e. The molecule has 5 nitrogen and oxygen atoms in total. The number of nitrogens with zero attached hydrogens (tertiary/aromatic N) is 1. The van der Waals surface area contributed by atoms with Gasteiger partial charge >= 0.3 is 0 Å². The maximum atomic E-state index is 12.2. The van der Waals surface area contributed by atoms with Gasteiger partial charge in [-0.1, -0.05) is 0 Å². The number of hydrogen-bond acceptors (Lipinski definition) is 4. The van der Waals surface area contributed by atoms with Crippen LogP contribution in [0.3, 0.4) is 0 Å². The Hall–Kier alpha value is -0.920. The summed E-state index contributed by atoms with van der Waals surface area (Å²) in [4.78, 5) is 0.277. The van der Waals surface area contributed by atoms with Crippen molar-refractivity contribution in [3.63, 3.8) is 0 Å². The highest BCUT2D eigenvalue weighted by atomic mass is 32.2. The molecular weight excluding hydrogens is 274 g/mol. The molecule has 2 rings (SSSR count). The van der Waals surface area contributed by atoms with Crippen molar-refractivity contribution < 1.29 is 16.8 Å². The second-order valence-electron chi connectivity index (χ2n) is 4.35. The highest BCUT2D eigenvalue weighted by Crippen LogP contribution is 2.21. The molecule has 0 N–H and O–H groups in total. The molecule has 7 heteroatoms. The van der Waals surface area contributed by atoms with Crippen molar-refractivity contribution in [3.8, 4) is 0 Å². The zero-order chi connectivity index (χ0) is 13.4. The Balaban J connectivity index is 2.35. The van der Waals surface area contributed by atoms with Crippen LogP contribution in [0.15, 0.2) is 34.1 Å². The van der Waals surface area contributed by atoms with Gasteiger partial charge in [0, 0.05) is 19.3 Å². The summed E-state index contributed by atoms with van der Waals surface area (Å²) >= 11 is 0. The highest BCUT2D eigenvalue weighted by molar-refractivity contribution is 7.90. The lowest BCUT2D eigenvalue weighted by atomic mass is 10.4. The molecule has 1 aliphatic heterocycles. The Labute approximate surface area is 107 Å². The fourth-order valence-corrected chi connectivity index (χ4v) is 4.08. The van der Waals surface area contributed by atoms with Crippen molar-refractivity contribution in [2.75, 3.05) is 19.3 Å². The molecule has 0 spiro atoms. The first-order valence-corrected chi connectivity index (χ1v) is 8.95. The Kier molecular flexibility index (Phi) is 3.48. The molecule has 1 aromatic rings. The smallest absolute Gasteiger partial charge is 0.224 e. The molecule has 0 amide bonds. The Morgan fingerprint density at radius 3 is 1.78 bits per heavy atom. The monoisotopic (exact) mass is 289 g/mol. The predicted molar refractivity (Wildman–Crippen MR) is 67.5 cm³/mol. The minimum atomic E-state index is -3.46. The van der Waals surface area contributed by atoms with E-state index in [9.17, 15) is 16.8 Å². The summed E-state index contributed by atoms with van der Waals surface area (Å²) in [6, 6.07) is 5.37. The lowest BCUT2D eigenvalue weighted by Crippen LogP contribution is -2.27. The third-order valence-corrected chi connectivity index (χ3v) is 6.00. The normalized spacial score (nSPS) is 18.1. The maximum Gasteiger partial charge on any atom is 0.243 e. The van der Waals surface area contributed by atoms with Crippen LogP contribution in [0.4, 0.5) is 0 Å². The van der Waals surface area contributed by atoms with Gasteiger partial charge in [0.25, 0.3) is 0 Å². The molecule has 0 aliphatic carbocycles. The van der Waals surface area contributed by atoms with Crippen LogP contribution in [-0.4, -0.2) is 40.5 Å². The molecule has 0 atom stereocenters. The average molecular weight is 289 g/mol. The van der Waals surface area contributed by atoms with Gasteiger partial charge in [-0.3, -0.25) is 0 Å². The molecule has 0 unspecified atom stereocenters. The van der Waals surface area contributed by atoms with E-state index in [0.29, 0.717) is 13.1 Å². The molecule has 1 heterocycles. The molecule has 18 heavy (non-hydrogen) atoms. The number of sulfonamides is 1. The molecule has 100 valence electrons. The molecule has 0 aromatic heterocycles. The number of rotatable bonds is 3. The van der Waals surface area contributed by atoms with Gasteiger partial charge in [-0.2, -0.15) is 4.31 Å². The summed E-state index contributed by atoms with van der Waals surface area (Å²) in [7, 11) is -6.75. The van der Waals surface area contributed by atoms with Gasteiger partial charge in [-0.05, 0) is 37.1 Å². The van der Waals surface area contributed by atoms with Crippen molar-refractivity contribution in [3.05, 3.63) is 24.3 Å². The van der Waals surface area contributed by atoms with E-state index in [0.717, 1.165) is 19.1 Å². The average Bonchev–Trinajstić information content (AvgIpc) is 2.82.